The standard InChI is InChI=1S/C19H25NS/c1-5-21-18-10-8-16(9-11-18)19(20-4)13-17-12-14(2)6-7-15(17)3/h6-12,19-20H,5,13H2,1-4H3. The van der Waals surface area contributed by atoms with Gasteiger partial charge in [-0.05, 0) is 61.9 Å². The van der Waals surface area contributed by atoms with Crippen molar-refractivity contribution >= 4 is 11.8 Å². The zero-order valence-corrected chi connectivity index (χ0v) is 14.3. The smallest absolute Gasteiger partial charge is 0.0358 e. The van der Waals surface area contributed by atoms with Crippen molar-refractivity contribution < 1.29 is 0 Å². The van der Waals surface area contributed by atoms with Crippen molar-refractivity contribution in [1.29, 1.82) is 0 Å². The van der Waals surface area contributed by atoms with Gasteiger partial charge in [0.25, 0.3) is 0 Å². The van der Waals surface area contributed by atoms with Crippen LogP contribution in [0.1, 0.15) is 35.2 Å². The highest BCUT2D eigenvalue weighted by Crippen LogP contribution is 2.24. The summed E-state index contributed by atoms with van der Waals surface area (Å²) in [7, 11) is 2.05. The molecule has 0 saturated heterocycles. The highest BCUT2D eigenvalue weighted by Gasteiger charge is 2.11. The topological polar surface area (TPSA) is 12.0 Å². The molecule has 0 spiro atoms. The molecule has 2 aromatic rings. The van der Waals surface area contributed by atoms with Crippen molar-refractivity contribution in [1.82, 2.24) is 5.32 Å². The van der Waals surface area contributed by atoms with E-state index in [0.717, 1.165) is 12.2 Å². The number of rotatable bonds is 6. The van der Waals surface area contributed by atoms with Crippen LogP contribution in [0.2, 0.25) is 0 Å². The number of hydrogen-bond acceptors (Lipinski definition) is 2. The third-order valence-electron chi connectivity index (χ3n) is 3.87. The van der Waals surface area contributed by atoms with Gasteiger partial charge < -0.3 is 5.32 Å². The van der Waals surface area contributed by atoms with Crippen molar-refractivity contribution in [3.8, 4) is 0 Å². The van der Waals surface area contributed by atoms with Crippen LogP contribution in [0.4, 0.5) is 0 Å². The van der Waals surface area contributed by atoms with Crippen molar-refractivity contribution in [3.63, 3.8) is 0 Å². The lowest BCUT2D eigenvalue weighted by Crippen LogP contribution is -2.19. The highest BCUT2D eigenvalue weighted by atomic mass is 32.2. The van der Waals surface area contributed by atoms with Crippen LogP contribution in [-0.2, 0) is 6.42 Å². The Balaban J connectivity index is 2.17. The van der Waals surface area contributed by atoms with Gasteiger partial charge in [0.2, 0.25) is 0 Å². The molecule has 0 aliphatic heterocycles. The number of nitrogens with one attached hydrogen (secondary N) is 1. The summed E-state index contributed by atoms with van der Waals surface area (Å²) in [6.45, 7) is 6.55. The van der Waals surface area contributed by atoms with E-state index in [-0.39, 0.29) is 0 Å². The first-order valence-electron chi connectivity index (χ1n) is 7.60. The predicted octanol–water partition coefficient (Wildman–Crippen LogP) is 4.92. The predicted molar refractivity (Wildman–Crippen MR) is 94.3 cm³/mol. The molecule has 0 aliphatic carbocycles. The van der Waals surface area contributed by atoms with Crippen LogP contribution in [0.3, 0.4) is 0 Å². The minimum absolute atomic E-state index is 0.367. The van der Waals surface area contributed by atoms with Gasteiger partial charge in [-0.25, -0.2) is 0 Å². The SMILES string of the molecule is CCSc1ccc(C(Cc2cc(C)ccc2C)NC)cc1. The Hall–Kier alpha value is -1.25. The molecule has 1 atom stereocenters. The zero-order valence-electron chi connectivity index (χ0n) is 13.4. The molecule has 0 fully saturated rings. The summed E-state index contributed by atoms with van der Waals surface area (Å²) in [5, 5.41) is 3.46. The molecule has 1 unspecified atom stereocenters. The molecule has 0 saturated carbocycles. The molecule has 2 rings (SSSR count). The van der Waals surface area contributed by atoms with E-state index in [1.54, 1.807) is 0 Å². The third kappa shape index (κ3) is 4.36. The second-order valence-corrected chi connectivity index (χ2v) is 6.81. The third-order valence-corrected chi connectivity index (χ3v) is 4.76. The van der Waals surface area contributed by atoms with Crippen molar-refractivity contribution in [2.75, 3.05) is 12.8 Å². The maximum atomic E-state index is 3.46. The van der Waals surface area contributed by atoms with E-state index in [1.807, 2.05) is 18.8 Å². The van der Waals surface area contributed by atoms with Gasteiger partial charge >= 0.3 is 0 Å². The monoisotopic (exact) mass is 299 g/mol. The summed E-state index contributed by atoms with van der Waals surface area (Å²) in [5.41, 5.74) is 5.50. The van der Waals surface area contributed by atoms with E-state index in [4.69, 9.17) is 0 Å². The fourth-order valence-corrected chi connectivity index (χ4v) is 3.25. The number of aryl methyl sites for hydroxylation is 2. The van der Waals surface area contributed by atoms with Gasteiger partial charge in [-0.3, -0.25) is 0 Å². The van der Waals surface area contributed by atoms with E-state index < -0.39 is 0 Å². The first kappa shape index (κ1) is 16.1. The molecule has 112 valence electrons. The Morgan fingerprint density at radius 1 is 1.05 bits per heavy atom. The Kier molecular flexibility index (Phi) is 5.89. The van der Waals surface area contributed by atoms with E-state index in [9.17, 15) is 0 Å². The van der Waals surface area contributed by atoms with Gasteiger partial charge in [0, 0.05) is 10.9 Å². The summed E-state index contributed by atoms with van der Waals surface area (Å²) in [4.78, 5) is 1.35. The molecule has 1 nitrogen and oxygen atoms in total. The van der Waals surface area contributed by atoms with Crippen LogP contribution in [0.25, 0.3) is 0 Å². The van der Waals surface area contributed by atoms with Gasteiger partial charge in [0.15, 0.2) is 0 Å². The Morgan fingerprint density at radius 3 is 2.38 bits per heavy atom. The lowest BCUT2D eigenvalue weighted by Gasteiger charge is -2.19. The van der Waals surface area contributed by atoms with E-state index in [1.165, 1.54) is 27.1 Å². The number of likely N-dealkylation sites (N-methyl/N-ethyl adjacent to an activating group) is 1. The fourth-order valence-electron chi connectivity index (χ4n) is 2.59. The van der Waals surface area contributed by atoms with Crippen LogP contribution in [-0.4, -0.2) is 12.8 Å². The molecule has 1 N–H and O–H groups in total. The quantitative estimate of drug-likeness (QED) is 0.760. The van der Waals surface area contributed by atoms with E-state index in [0.29, 0.717) is 6.04 Å². The average Bonchev–Trinajstić information content (AvgIpc) is 2.49. The van der Waals surface area contributed by atoms with Gasteiger partial charge in [-0.15, -0.1) is 11.8 Å². The second kappa shape index (κ2) is 7.67. The summed E-state index contributed by atoms with van der Waals surface area (Å²) in [6, 6.07) is 16.1. The normalized spacial score (nSPS) is 12.4. The molecule has 21 heavy (non-hydrogen) atoms. The van der Waals surface area contributed by atoms with Crippen LogP contribution >= 0.6 is 11.8 Å². The average molecular weight is 299 g/mol. The lowest BCUT2D eigenvalue weighted by molar-refractivity contribution is 0.590. The summed E-state index contributed by atoms with van der Waals surface area (Å²) < 4.78 is 0. The molecular formula is C19H25NS. The van der Waals surface area contributed by atoms with Crippen molar-refractivity contribution in [3.05, 3.63) is 64.7 Å². The van der Waals surface area contributed by atoms with Gasteiger partial charge in [-0.1, -0.05) is 42.8 Å². The molecule has 0 amide bonds. The molecular weight excluding hydrogens is 274 g/mol. The lowest BCUT2D eigenvalue weighted by atomic mass is 9.95. The minimum atomic E-state index is 0.367. The zero-order chi connectivity index (χ0) is 15.2. The van der Waals surface area contributed by atoms with Crippen LogP contribution in [0.15, 0.2) is 47.4 Å². The molecule has 0 radical (unpaired) electrons. The number of benzene rings is 2. The minimum Gasteiger partial charge on any atom is -0.313 e. The number of hydrogen-bond donors (Lipinski definition) is 1. The maximum Gasteiger partial charge on any atom is 0.0358 e. The maximum absolute atomic E-state index is 3.46. The first-order chi connectivity index (χ1) is 10.1. The Bertz CT molecular complexity index is 575. The summed E-state index contributed by atoms with van der Waals surface area (Å²) in [6.07, 6.45) is 1.03. The van der Waals surface area contributed by atoms with Gasteiger partial charge in [0.05, 0.1) is 0 Å². The highest BCUT2D eigenvalue weighted by molar-refractivity contribution is 7.99. The van der Waals surface area contributed by atoms with Crippen molar-refractivity contribution in [2.24, 2.45) is 0 Å². The fraction of sp³-hybridized carbons (Fsp3) is 0.368. The van der Waals surface area contributed by atoms with Gasteiger partial charge in [-0.2, -0.15) is 0 Å². The Labute approximate surface area is 133 Å². The Morgan fingerprint density at radius 2 is 1.76 bits per heavy atom. The van der Waals surface area contributed by atoms with Crippen LogP contribution in [0, 0.1) is 13.8 Å². The van der Waals surface area contributed by atoms with Crippen molar-refractivity contribution in [2.45, 2.75) is 38.1 Å². The first-order valence-corrected chi connectivity index (χ1v) is 8.58. The molecule has 0 bridgehead atoms. The molecule has 2 aromatic carbocycles. The summed E-state index contributed by atoms with van der Waals surface area (Å²) in [5.74, 6) is 1.12. The summed E-state index contributed by atoms with van der Waals surface area (Å²) >= 11 is 1.89. The van der Waals surface area contributed by atoms with Crippen LogP contribution in [0.5, 0.6) is 0 Å². The van der Waals surface area contributed by atoms with E-state index >= 15 is 0 Å². The molecule has 2 heteroatoms. The van der Waals surface area contributed by atoms with Gasteiger partial charge in [0.1, 0.15) is 0 Å². The largest absolute Gasteiger partial charge is 0.313 e. The van der Waals surface area contributed by atoms with E-state index in [2.05, 4.69) is 68.6 Å². The number of thioether (sulfide) groups is 1. The molecule has 0 heterocycles. The molecule has 0 aromatic heterocycles. The van der Waals surface area contributed by atoms with Crippen LogP contribution < -0.4 is 5.32 Å². The second-order valence-electron chi connectivity index (χ2n) is 5.48. The molecule has 0 aliphatic rings.